The first-order chi connectivity index (χ1) is 9.45. The monoisotopic (exact) mass is 313 g/mol. The van der Waals surface area contributed by atoms with Crippen LogP contribution in [-0.2, 0) is 9.84 Å². The van der Waals surface area contributed by atoms with Crippen LogP contribution in [0.1, 0.15) is 18.4 Å². The Morgan fingerprint density at radius 2 is 2.10 bits per heavy atom. The molecule has 0 saturated heterocycles. The van der Waals surface area contributed by atoms with Crippen LogP contribution in [0.3, 0.4) is 0 Å². The van der Waals surface area contributed by atoms with Gasteiger partial charge in [0.15, 0.2) is 21.3 Å². The summed E-state index contributed by atoms with van der Waals surface area (Å²) >= 11 is 5.01. The zero-order valence-electron chi connectivity index (χ0n) is 10.9. The van der Waals surface area contributed by atoms with Gasteiger partial charge in [-0.15, -0.1) is 0 Å². The number of fused-ring (bicyclic) bond motifs is 1. The molecular formula is C13H15NO4S2. The third-order valence-corrected chi connectivity index (χ3v) is 6.37. The first-order valence-electron chi connectivity index (χ1n) is 6.36. The summed E-state index contributed by atoms with van der Waals surface area (Å²) in [4.78, 5) is 0.259. The van der Waals surface area contributed by atoms with Crippen LogP contribution in [0.25, 0.3) is 0 Å². The Morgan fingerprint density at radius 1 is 1.40 bits per heavy atom. The molecule has 108 valence electrons. The van der Waals surface area contributed by atoms with E-state index in [4.69, 9.17) is 27.4 Å². The van der Waals surface area contributed by atoms with Crippen LogP contribution in [0.5, 0.6) is 11.5 Å². The van der Waals surface area contributed by atoms with Gasteiger partial charge in [0.1, 0.15) is 0 Å². The minimum atomic E-state index is -3.17. The van der Waals surface area contributed by atoms with E-state index in [0.29, 0.717) is 11.5 Å². The van der Waals surface area contributed by atoms with E-state index in [1.54, 1.807) is 13.0 Å². The van der Waals surface area contributed by atoms with Gasteiger partial charge in [0.05, 0.1) is 10.2 Å². The number of rotatable bonds is 4. The van der Waals surface area contributed by atoms with Gasteiger partial charge in [-0.25, -0.2) is 8.42 Å². The lowest BCUT2D eigenvalue weighted by atomic mass is 10.1. The quantitative estimate of drug-likeness (QED) is 0.842. The Hall–Kier alpha value is -1.34. The predicted molar refractivity (Wildman–Crippen MR) is 78.8 cm³/mol. The van der Waals surface area contributed by atoms with Gasteiger partial charge in [-0.3, -0.25) is 0 Å². The molecule has 0 aromatic heterocycles. The van der Waals surface area contributed by atoms with Crippen LogP contribution in [0.15, 0.2) is 18.2 Å². The lowest BCUT2D eigenvalue weighted by Gasteiger charge is -2.02. The highest BCUT2D eigenvalue weighted by Crippen LogP contribution is 2.54. The van der Waals surface area contributed by atoms with Crippen molar-refractivity contribution in [3.8, 4) is 11.5 Å². The summed E-state index contributed by atoms with van der Waals surface area (Å²) in [5.41, 5.74) is 6.57. The number of thiocarbonyl (C=S) groups is 1. The van der Waals surface area contributed by atoms with Crippen LogP contribution in [0.2, 0.25) is 0 Å². The average Bonchev–Trinajstić information content (AvgIpc) is 3.02. The number of sulfone groups is 1. The largest absolute Gasteiger partial charge is 0.454 e. The zero-order chi connectivity index (χ0) is 14.5. The number of ether oxygens (including phenoxy) is 2. The minimum absolute atomic E-state index is 0.0951. The molecule has 0 unspecified atom stereocenters. The molecule has 3 rings (SSSR count). The fourth-order valence-corrected chi connectivity index (χ4v) is 4.99. The van der Waals surface area contributed by atoms with E-state index in [0.717, 1.165) is 5.56 Å². The van der Waals surface area contributed by atoms with E-state index < -0.39 is 15.1 Å². The molecule has 1 heterocycles. The summed E-state index contributed by atoms with van der Waals surface area (Å²) in [6, 6.07) is 5.47. The second kappa shape index (κ2) is 4.60. The van der Waals surface area contributed by atoms with Crippen molar-refractivity contribution < 1.29 is 17.9 Å². The molecule has 20 heavy (non-hydrogen) atoms. The molecular weight excluding hydrogens is 298 g/mol. The van der Waals surface area contributed by atoms with Gasteiger partial charge in [-0.2, -0.15) is 0 Å². The van der Waals surface area contributed by atoms with Crippen molar-refractivity contribution in [2.24, 2.45) is 11.7 Å². The fraction of sp³-hybridized carbons (Fsp3) is 0.462. The summed E-state index contributed by atoms with van der Waals surface area (Å²) in [7, 11) is -3.17. The summed E-state index contributed by atoms with van der Waals surface area (Å²) in [6.45, 7) is 1.83. The van der Waals surface area contributed by atoms with E-state index in [1.165, 1.54) is 0 Å². The highest BCUT2D eigenvalue weighted by atomic mass is 32.2. The van der Waals surface area contributed by atoms with Gasteiger partial charge in [-0.05, 0) is 17.7 Å². The average molecular weight is 313 g/mol. The van der Waals surface area contributed by atoms with Crippen LogP contribution in [0.4, 0.5) is 0 Å². The maximum absolute atomic E-state index is 12.1. The maximum Gasteiger partial charge on any atom is 0.231 e. The van der Waals surface area contributed by atoms with Crippen LogP contribution >= 0.6 is 12.2 Å². The normalized spacial score (nSPS) is 27.4. The van der Waals surface area contributed by atoms with Crippen molar-refractivity contribution in [2.45, 2.75) is 18.1 Å². The van der Waals surface area contributed by atoms with Gasteiger partial charge in [-0.1, -0.05) is 25.2 Å². The van der Waals surface area contributed by atoms with E-state index in [2.05, 4.69) is 0 Å². The summed E-state index contributed by atoms with van der Waals surface area (Å²) in [5.74, 6) is 0.958. The zero-order valence-corrected chi connectivity index (χ0v) is 12.5. The lowest BCUT2D eigenvalue weighted by Crippen LogP contribution is -2.18. The van der Waals surface area contributed by atoms with Crippen molar-refractivity contribution in [3.05, 3.63) is 23.8 Å². The number of hydrogen-bond donors (Lipinski definition) is 1. The molecule has 5 nitrogen and oxygen atoms in total. The van der Waals surface area contributed by atoms with E-state index >= 15 is 0 Å². The van der Waals surface area contributed by atoms with Gasteiger partial charge in [0.25, 0.3) is 0 Å². The minimum Gasteiger partial charge on any atom is -0.454 e. The summed E-state index contributed by atoms with van der Waals surface area (Å²) in [5, 5.41) is -0.509. The molecule has 1 aromatic rings. The Kier molecular flexibility index (Phi) is 3.13. The second-order valence-corrected chi connectivity index (χ2v) is 7.90. The van der Waals surface area contributed by atoms with Crippen LogP contribution in [-0.4, -0.2) is 31.2 Å². The summed E-state index contributed by atoms with van der Waals surface area (Å²) in [6.07, 6.45) is 0. The molecule has 0 amide bonds. The topological polar surface area (TPSA) is 78.6 Å². The Bertz CT molecular complexity index is 671. The second-order valence-electron chi connectivity index (χ2n) is 4.98. The maximum atomic E-state index is 12.1. The van der Waals surface area contributed by atoms with E-state index in [-0.39, 0.29) is 29.4 Å². The molecule has 1 aliphatic carbocycles. The van der Waals surface area contributed by atoms with Crippen molar-refractivity contribution >= 4 is 27.0 Å². The van der Waals surface area contributed by atoms with Crippen molar-refractivity contribution in [2.75, 3.05) is 12.5 Å². The van der Waals surface area contributed by atoms with Gasteiger partial charge in [0.2, 0.25) is 6.79 Å². The smallest absolute Gasteiger partial charge is 0.231 e. The van der Waals surface area contributed by atoms with E-state index in [9.17, 15) is 8.42 Å². The molecule has 0 spiro atoms. The summed E-state index contributed by atoms with van der Waals surface area (Å²) < 4.78 is 34.8. The molecule has 1 fully saturated rings. The fourth-order valence-electron chi connectivity index (χ4n) is 2.78. The number of benzene rings is 1. The van der Waals surface area contributed by atoms with Crippen molar-refractivity contribution in [1.82, 2.24) is 0 Å². The van der Waals surface area contributed by atoms with Crippen LogP contribution in [0, 0.1) is 5.92 Å². The molecule has 1 aromatic carbocycles. The number of nitrogens with two attached hydrogens (primary N) is 1. The first-order valence-corrected chi connectivity index (χ1v) is 8.48. The molecule has 0 radical (unpaired) electrons. The molecule has 3 atom stereocenters. The predicted octanol–water partition coefficient (Wildman–Crippen LogP) is 1.22. The van der Waals surface area contributed by atoms with Crippen LogP contribution < -0.4 is 15.2 Å². The van der Waals surface area contributed by atoms with Gasteiger partial charge >= 0.3 is 0 Å². The molecule has 1 aliphatic heterocycles. The Labute approximate surface area is 123 Å². The lowest BCUT2D eigenvalue weighted by molar-refractivity contribution is 0.174. The van der Waals surface area contributed by atoms with E-state index in [1.807, 2.05) is 12.1 Å². The molecule has 2 aliphatic rings. The number of hydrogen-bond acceptors (Lipinski definition) is 5. The molecule has 1 saturated carbocycles. The first kappa shape index (κ1) is 13.6. The Morgan fingerprint density at radius 3 is 2.75 bits per heavy atom. The molecule has 7 heteroatoms. The van der Waals surface area contributed by atoms with Gasteiger partial charge in [0, 0.05) is 17.6 Å². The highest BCUT2D eigenvalue weighted by molar-refractivity contribution is 7.92. The van der Waals surface area contributed by atoms with Crippen molar-refractivity contribution in [1.29, 1.82) is 0 Å². The highest BCUT2D eigenvalue weighted by Gasteiger charge is 2.59. The van der Waals surface area contributed by atoms with Gasteiger partial charge < -0.3 is 15.2 Å². The Balaban J connectivity index is 1.95. The molecule has 0 bridgehead atoms. The third-order valence-electron chi connectivity index (χ3n) is 3.88. The molecule has 2 N–H and O–H groups in total. The SMILES string of the molecule is CCS(=O)(=O)[C@@H]1[C@H](C(N)=S)[C@H]1c1ccc2c(c1)OCO2. The standard InChI is InChI=1S/C13H15NO4S2/c1-2-20(15,16)12-10(11(12)13(14)19)7-3-4-8-9(5-7)18-6-17-8/h3-5,10-12H,2,6H2,1H3,(H2,14,19)/t10-,11-,12+/m1/s1. The van der Waals surface area contributed by atoms with Crippen molar-refractivity contribution in [3.63, 3.8) is 0 Å². The third kappa shape index (κ3) is 2.05.